The average molecular weight is 317 g/mol. The fourth-order valence-corrected chi connectivity index (χ4v) is 2.81. The van der Waals surface area contributed by atoms with E-state index < -0.39 is 0 Å². The Morgan fingerprint density at radius 2 is 1.91 bits per heavy atom. The fourth-order valence-electron chi connectivity index (χ4n) is 2.81. The van der Waals surface area contributed by atoms with Crippen LogP contribution in [-0.2, 0) is 4.79 Å². The number of benzene rings is 1. The highest BCUT2D eigenvalue weighted by molar-refractivity contribution is 5.94. The van der Waals surface area contributed by atoms with Crippen molar-refractivity contribution in [1.82, 2.24) is 10.6 Å². The number of carbonyl (C=O) groups is 2. The monoisotopic (exact) mass is 317 g/mol. The van der Waals surface area contributed by atoms with Crippen molar-refractivity contribution in [2.45, 2.75) is 40.0 Å². The Hall–Kier alpha value is -2.04. The summed E-state index contributed by atoms with van der Waals surface area (Å²) in [5.41, 5.74) is 2.27. The van der Waals surface area contributed by atoms with E-state index in [1.165, 1.54) is 5.56 Å². The van der Waals surface area contributed by atoms with Gasteiger partial charge in [-0.1, -0.05) is 39.0 Å². The van der Waals surface area contributed by atoms with Crippen molar-refractivity contribution in [3.63, 3.8) is 0 Å². The van der Waals surface area contributed by atoms with Crippen molar-refractivity contribution < 1.29 is 9.59 Å². The van der Waals surface area contributed by atoms with E-state index in [9.17, 15) is 9.59 Å². The number of hydrogen-bond acceptors (Lipinski definition) is 2. The second kappa shape index (κ2) is 7.02. The molecule has 1 aromatic rings. The summed E-state index contributed by atoms with van der Waals surface area (Å²) >= 11 is 0. The lowest BCUT2D eigenvalue weighted by atomic mass is 9.97. The molecular formula is C18H27N3O2. The lowest BCUT2D eigenvalue weighted by molar-refractivity contribution is -0.116. The topological polar surface area (TPSA) is 61.4 Å². The molecule has 0 radical (unpaired) electrons. The van der Waals surface area contributed by atoms with Gasteiger partial charge in [-0.05, 0) is 23.5 Å². The van der Waals surface area contributed by atoms with Crippen LogP contribution in [0.4, 0.5) is 10.5 Å². The van der Waals surface area contributed by atoms with E-state index in [0.29, 0.717) is 19.6 Å². The summed E-state index contributed by atoms with van der Waals surface area (Å²) in [4.78, 5) is 25.4. The van der Waals surface area contributed by atoms with E-state index in [4.69, 9.17) is 0 Å². The zero-order valence-corrected chi connectivity index (χ0v) is 14.5. The van der Waals surface area contributed by atoms with Crippen LogP contribution in [0.3, 0.4) is 0 Å². The van der Waals surface area contributed by atoms with Crippen molar-refractivity contribution in [3.05, 3.63) is 29.8 Å². The van der Waals surface area contributed by atoms with Crippen molar-refractivity contribution in [2.75, 3.05) is 24.5 Å². The summed E-state index contributed by atoms with van der Waals surface area (Å²) in [7, 11) is 0. The Bertz CT molecular complexity index is 578. The van der Waals surface area contributed by atoms with Gasteiger partial charge < -0.3 is 15.5 Å². The van der Waals surface area contributed by atoms with Crippen LogP contribution >= 0.6 is 0 Å². The minimum absolute atomic E-state index is 0.0656. The first-order valence-electron chi connectivity index (χ1n) is 8.16. The van der Waals surface area contributed by atoms with Gasteiger partial charge in [0.25, 0.3) is 0 Å². The average Bonchev–Trinajstić information content (AvgIpc) is 2.84. The van der Waals surface area contributed by atoms with Crippen molar-refractivity contribution >= 4 is 17.6 Å². The standard InChI is InChI=1S/C18H27N3O2/c1-13(22)21-11-14(15-7-5-6-8-16(15)21)9-10-19-17(23)20-12-18(2,3)4/h5-8,14H,9-12H2,1-4H3,(H2,19,20,23). The molecule has 0 saturated heterocycles. The summed E-state index contributed by atoms with van der Waals surface area (Å²) in [5.74, 6) is 0.342. The minimum Gasteiger partial charge on any atom is -0.338 e. The van der Waals surface area contributed by atoms with Crippen LogP contribution in [0.25, 0.3) is 0 Å². The molecule has 5 nitrogen and oxygen atoms in total. The predicted octanol–water partition coefficient (Wildman–Crippen LogP) is 2.87. The van der Waals surface area contributed by atoms with Gasteiger partial charge in [-0.15, -0.1) is 0 Å². The van der Waals surface area contributed by atoms with Crippen LogP contribution in [-0.4, -0.2) is 31.6 Å². The number of carbonyl (C=O) groups excluding carboxylic acids is 2. The molecule has 23 heavy (non-hydrogen) atoms. The second-order valence-corrected chi connectivity index (χ2v) is 7.34. The van der Waals surface area contributed by atoms with Crippen LogP contribution < -0.4 is 15.5 Å². The Morgan fingerprint density at radius 1 is 1.22 bits per heavy atom. The molecule has 0 bridgehead atoms. The molecule has 0 fully saturated rings. The Kier molecular flexibility index (Phi) is 5.29. The number of para-hydroxylation sites is 1. The van der Waals surface area contributed by atoms with Gasteiger partial charge in [0.05, 0.1) is 0 Å². The third-order valence-corrected chi connectivity index (χ3v) is 4.01. The highest BCUT2D eigenvalue weighted by Crippen LogP contribution is 2.37. The number of amides is 3. The molecule has 5 heteroatoms. The van der Waals surface area contributed by atoms with Crippen LogP contribution in [0.5, 0.6) is 0 Å². The number of hydrogen-bond donors (Lipinski definition) is 2. The first-order chi connectivity index (χ1) is 10.8. The molecule has 0 saturated carbocycles. The molecule has 0 aliphatic carbocycles. The normalized spacial score (nSPS) is 16.9. The summed E-state index contributed by atoms with van der Waals surface area (Å²) in [6.45, 7) is 9.78. The SMILES string of the molecule is CC(=O)N1CC(CCNC(=O)NCC(C)(C)C)c2ccccc21. The zero-order valence-electron chi connectivity index (χ0n) is 14.5. The maximum Gasteiger partial charge on any atom is 0.314 e. The Morgan fingerprint density at radius 3 is 2.57 bits per heavy atom. The van der Waals surface area contributed by atoms with Crippen molar-refractivity contribution in [1.29, 1.82) is 0 Å². The zero-order chi connectivity index (χ0) is 17.0. The van der Waals surface area contributed by atoms with Gasteiger partial charge in [0.1, 0.15) is 0 Å². The maximum absolute atomic E-state index is 11.8. The molecule has 1 aliphatic heterocycles. The second-order valence-electron chi connectivity index (χ2n) is 7.34. The number of nitrogens with zero attached hydrogens (tertiary/aromatic N) is 1. The van der Waals surface area contributed by atoms with E-state index >= 15 is 0 Å². The van der Waals surface area contributed by atoms with E-state index in [-0.39, 0.29) is 23.3 Å². The lowest BCUT2D eigenvalue weighted by Crippen LogP contribution is -2.40. The largest absolute Gasteiger partial charge is 0.338 e. The molecule has 2 rings (SSSR count). The third kappa shape index (κ3) is 4.71. The van der Waals surface area contributed by atoms with E-state index in [1.807, 2.05) is 23.1 Å². The quantitative estimate of drug-likeness (QED) is 0.897. The van der Waals surface area contributed by atoms with Crippen LogP contribution in [0.15, 0.2) is 24.3 Å². The van der Waals surface area contributed by atoms with Gasteiger partial charge in [0.2, 0.25) is 5.91 Å². The highest BCUT2D eigenvalue weighted by atomic mass is 16.2. The molecule has 3 amide bonds. The number of urea groups is 1. The van der Waals surface area contributed by atoms with Gasteiger partial charge in [0, 0.05) is 38.2 Å². The first kappa shape index (κ1) is 17.3. The van der Waals surface area contributed by atoms with Gasteiger partial charge in [0.15, 0.2) is 0 Å². The molecule has 1 aliphatic rings. The lowest BCUT2D eigenvalue weighted by Gasteiger charge is -2.19. The van der Waals surface area contributed by atoms with Gasteiger partial charge in [-0.3, -0.25) is 4.79 Å². The molecule has 1 aromatic carbocycles. The summed E-state index contributed by atoms with van der Waals surface area (Å²) < 4.78 is 0. The van der Waals surface area contributed by atoms with Crippen LogP contribution in [0, 0.1) is 5.41 Å². The fraction of sp³-hybridized carbons (Fsp3) is 0.556. The first-order valence-corrected chi connectivity index (χ1v) is 8.16. The molecule has 126 valence electrons. The van der Waals surface area contributed by atoms with Crippen LogP contribution in [0.1, 0.15) is 45.6 Å². The molecule has 1 unspecified atom stereocenters. The number of anilines is 1. The molecule has 1 atom stereocenters. The molecule has 0 aromatic heterocycles. The molecular weight excluding hydrogens is 290 g/mol. The predicted molar refractivity (Wildman–Crippen MR) is 92.7 cm³/mol. The third-order valence-electron chi connectivity index (χ3n) is 4.01. The highest BCUT2D eigenvalue weighted by Gasteiger charge is 2.30. The van der Waals surface area contributed by atoms with Crippen molar-refractivity contribution in [3.8, 4) is 0 Å². The Balaban J connectivity index is 1.85. The number of fused-ring (bicyclic) bond motifs is 1. The van der Waals surface area contributed by atoms with Crippen LogP contribution in [0.2, 0.25) is 0 Å². The Labute approximate surface area is 138 Å². The summed E-state index contributed by atoms with van der Waals surface area (Å²) in [6, 6.07) is 7.88. The summed E-state index contributed by atoms with van der Waals surface area (Å²) in [6.07, 6.45) is 0.823. The molecule has 0 spiro atoms. The van der Waals surface area contributed by atoms with Crippen molar-refractivity contribution in [2.24, 2.45) is 5.41 Å². The van der Waals surface area contributed by atoms with Gasteiger partial charge in [-0.25, -0.2) is 4.79 Å². The van der Waals surface area contributed by atoms with Gasteiger partial charge >= 0.3 is 6.03 Å². The van der Waals surface area contributed by atoms with E-state index in [1.54, 1.807) is 6.92 Å². The summed E-state index contributed by atoms with van der Waals surface area (Å²) in [5, 5.41) is 5.78. The molecule has 1 heterocycles. The smallest absolute Gasteiger partial charge is 0.314 e. The minimum atomic E-state index is -0.130. The number of rotatable bonds is 4. The number of nitrogens with one attached hydrogen (secondary N) is 2. The van der Waals surface area contributed by atoms with E-state index in [0.717, 1.165) is 12.1 Å². The van der Waals surface area contributed by atoms with E-state index in [2.05, 4.69) is 37.5 Å². The molecule has 2 N–H and O–H groups in total. The maximum atomic E-state index is 11.8. The van der Waals surface area contributed by atoms with Gasteiger partial charge in [-0.2, -0.15) is 0 Å².